The first-order valence-electron chi connectivity index (χ1n) is 6.09. The maximum absolute atomic E-state index is 11.7. The summed E-state index contributed by atoms with van der Waals surface area (Å²) in [7, 11) is 2.02. The van der Waals surface area contributed by atoms with Gasteiger partial charge < -0.3 is 9.30 Å². The zero-order chi connectivity index (χ0) is 12.0. The molecule has 0 spiro atoms. The first kappa shape index (κ1) is 10.8. The molecule has 2 atom stereocenters. The van der Waals surface area contributed by atoms with Gasteiger partial charge >= 0.3 is 5.97 Å². The molecule has 3 heterocycles. The van der Waals surface area contributed by atoms with Crippen LogP contribution in [0.25, 0.3) is 0 Å². The van der Waals surface area contributed by atoms with Crippen molar-refractivity contribution in [3.8, 4) is 0 Å². The van der Waals surface area contributed by atoms with Crippen LogP contribution in [-0.2, 0) is 29.5 Å². The maximum Gasteiger partial charge on any atom is 0.323 e. The van der Waals surface area contributed by atoms with E-state index >= 15 is 0 Å². The van der Waals surface area contributed by atoms with E-state index in [2.05, 4.69) is 14.5 Å². The van der Waals surface area contributed by atoms with Gasteiger partial charge in [-0.25, -0.2) is 4.98 Å². The Morgan fingerprint density at radius 3 is 3.06 bits per heavy atom. The van der Waals surface area contributed by atoms with E-state index in [0.717, 1.165) is 31.6 Å². The summed E-state index contributed by atoms with van der Waals surface area (Å²) in [5.41, 5.74) is 2.40. The highest BCUT2D eigenvalue weighted by Crippen LogP contribution is 2.25. The molecule has 1 aromatic rings. The summed E-state index contributed by atoms with van der Waals surface area (Å²) in [5.74, 6) is -0.0723. The molecular formula is C12H17N3O2. The van der Waals surface area contributed by atoms with E-state index in [4.69, 9.17) is 4.74 Å². The number of aromatic nitrogens is 2. The third-order valence-corrected chi connectivity index (χ3v) is 3.72. The number of nitrogens with zero attached hydrogens (tertiary/aromatic N) is 3. The van der Waals surface area contributed by atoms with Crippen LogP contribution in [0.1, 0.15) is 24.7 Å². The molecule has 1 aromatic heterocycles. The quantitative estimate of drug-likeness (QED) is 0.664. The van der Waals surface area contributed by atoms with Crippen LogP contribution in [0.5, 0.6) is 0 Å². The van der Waals surface area contributed by atoms with Crippen molar-refractivity contribution in [2.75, 3.05) is 6.54 Å². The molecule has 92 valence electrons. The highest BCUT2D eigenvalue weighted by atomic mass is 16.6. The van der Waals surface area contributed by atoms with E-state index in [0.29, 0.717) is 0 Å². The fraction of sp³-hybridized carbons (Fsp3) is 0.667. The number of ether oxygens (including phenoxy) is 1. The number of imidazole rings is 1. The van der Waals surface area contributed by atoms with Gasteiger partial charge in [0.05, 0.1) is 12.0 Å². The van der Waals surface area contributed by atoms with Gasteiger partial charge in [-0.2, -0.15) is 0 Å². The second-order valence-corrected chi connectivity index (χ2v) is 4.97. The topological polar surface area (TPSA) is 47.4 Å². The van der Waals surface area contributed by atoms with Gasteiger partial charge in [0.25, 0.3) is 0 Å². The molecule has 1 saturated heterocycles. The molecule has 5 heteroatoms. The third kappa shape index (κ3) is 1.74. The van der Waals surface area contributed by atoms with Gasteiger partial charge in [-0.15, -0.1) is 0 Å². The van der Waals surface area contributed by atoms with Crippen molar-refractivity contribution in [2.24, 2.45) is 7.05 Å². The van der Waals surface area contributed by atoms with Crippen molar-refractivity contribution in [1.82, 2.24) is 14.5 Å². The van der Waals surface area contributed by atoms with E-state index in [9.17, 15) is 4.79 Å². The smallest absolute Gasteiger partial charge is 0.323 e. The van der Waals surface area contributed by atoms with Crippen LogP contribution in [0.3, 0.4) is 0 Å². The van der Waals surface area contributed by atoms with E-state index in [1.165, 1.54) is 5.69 Å². The summed E-state index contributed by atoms with van der Waals surface area (Å²) in [6, 6.07) is -0.0693. The number of esters is 1. The summed E-state index contributed by atoms with van der Waals surface area (Å²) in [6.07, 6.45) is 3.67. The number of rotatable bonds is 1. The van der Waals surface area contributed by atoms with Gasteiger partial charge in [0.2, 0.25) is 0 Å². The Hall–Kier alpha value is -1.36. The van der Waals surface area contributed by atoms with Crippen LogP contribution in [0.4, 0.5) is 0 Å². The first-order valence-corrected chi connectivity index (χ1v) is 6.09. The summed E-state index contributed by atoms with van der Waals surface area (Å²) >= 11 is 0. The van der Waals surface area contributed by atoms with E-state index in [1.807, 2.05) is 20.3 Å². The van der Waals surface area contributed by atoms with Crippen molar-refractivity contribution in [3.05, 3.63) is 17.7 Å². The molecule has 0 radical (unpaired) electrons. The van der Waals surface area contributed by atoms with Crippen LogP contribution >= 0.6 is 0 Å². The zero-order valence-corrected chi connectivity index (χ0v) is 10.2. The molecule has 0 N–H and O–H groups in total. The molecule has 0 bridgehead atoms. The number of hydrogen-bond donors (Lipinski definition) is 0. The lowest BCUT2D eigenvalue weighted by atomic mass is 10.1. The Morgan fingerprint density at radius 2 is 2.35 bits per heavy atom. The minimum atomic E-state index is -0.0723. The third-order valence-electron chi connectivity index (χ3n) is 3.72. The van der Waals surface area contributed by atoms with E-state index < -0.39 is 0 Å². The van der Waals surface area contributed by atoms with Crippen molar-refractivity contribution in [3.63, 3.8) is 0 Å². The molecule has 0 saturated carbocycles. The van der Waals surface area contributed by atoms with Crippen molar-refractivity contribution < 1.29 is 9.53 Å². The lowest BCUT2D eigenvalue weighted by Crippen LogP contribution is -2.42. The lowest BCUT2D eigenvalue weighted by molar-refractivity contribution is -0.145. The second-order valence-electron chi connectivity index (χ2n) is 4.97. The number of aryl methyl sites for hydroxylation is 1. The van der Waals surface area contributed by atoms with Crippen LogP contribution in [-0.4, -0.2) is 39.1 Å². The summed E-state index contributed by atoms with van der Waals surface area (Å²) in [4.78, 5) is 18.3. The Labute approximate surface area is 100 Å². The average molecular weight is 235 g/mol. The Kier molecular flexibility index (Phi) is 2.43. The number of fused-ring (bicyclic) bond motifs is 1. The molecule has 0 unspecified atom stereocenters. The van der Waals surface area contributed by atoms with Gasteiger partial charge in [-0.1, -0.05) is 0 Å². The van der Waals surface area contributed by atoms with Crippen molar-refractivity contribution in [1.29, 1.82) is 0 Å². The molecule has 0 amide bonds. The van der Waals surface area contributed by atoms with Crippen molar-refractivity contribution >= 4 is 5.97 Å². The standard InChI is InChI=1S/C12H17N3O2/c1-8-5-11(12(16)17-8)15-4-3-10-9(6-15)13-7-14(10)2/h7-8,11H,3-6H2,1-2H3/t8-,11-/m0/s1. The molecule has 2 aliphatic heterocycles. The minimum Gasteiger partial charge on any atom is -0.461 e. The Balaban J connectivity index is 1.78. The van der Waals surface area contributed by atoms with Gasteiger partial charge in [-0.05, 0) is 6.92 Å². The van der Waals surface area contributed by atoms with E-state index in [-0.39, 0.29) is 18.1 Å². The molecule has 3 rings (SSSR count). The number of carbonyl (C=O) groups is 1. The van der Waals surface area contributed by atoms with Crippen LogP contribution in [0.15, 0.2) is 6.33 Å². The van der Waals surface area contributed by atoms with Crippen molar-refractivity contribution in [2.45, 2.75) is 38.5 Å². The fourth-order valence-corrected chi connectivity index (χ4v) is 2.78. The molecule has 0 aromatic carbocycles. The highest BCUT2D eigenvalue weighted by molar-refractivity contribution is 5.78. The fourth-order valence-electron chi connectivity index (χ4n) is 2.78. The number of carbonyl (C=O) groups excluding carboxylic acids is 1. The molecule has 5 nitrogen and oxygen atoms in total. The minimum absolute atomic E-state index is 0.0534. The van der Waals surface area contributed by atoms with Crippen LogP contribution in [0, 0.1) is 0 Å². The first-order chi connectivity index (χ1) is 8.15. The monoisotopic (exact) mass is 235 g/mol. The SMILES string of the molecule is C[C@H]1C[C@H](N2CCc3c(ncn3C)C2)C(=O)O1. The predicted octanol–water partition coefficient (Wildman–Crippen LogP) is 0.482. The largest absolute Gasteiger partial charge is 0.461 e. The van der Waals surface area contributed by atoms with E-state index in [1.54, 1.807) is 0 Å². The van der Waals surface area contributed by atoms with Crippen LogP contribution < -0.4 is 0 Å². The number of cyclic esters (lactones) is 1. The number of hydrogen-bond acceptors (Lipinski definition) is 4. The average Bonchev–Trinajstić information content (AvgIpc) is 2.82. The van der Waals surface area contributed by atoms with Gasteiger partial charge in [-0.3, -0.25) is 9.69 Å². The van der Waals surface area contributed by atoms with Crippen LogP contribution in [0.2, 0.25) is 0 Å². The molecular weight excluding hydrogens is 218 g/mol. The lowest BCUT2D eigenvalue weighted by Gasteiger charge is -2.29. The molecule has 17 heavy (non-hydrogen) atoms. The Bertz CT molecular complexity index is 455. The summed E-state index contributed by atoms with van der Waals surface area (Å²) in [6.45, 7) is 3.63. The molecule has 1 fully saturated rings. The highest BCUT2D eigenvalue weighted by Gasteiger charge is 2.38. The summed E-state index contributed by atoms with van der Waals surface area (Å²) in [5, 5.41) is 0. The second kappa shape index (κ2) is 3.84. The van der Waals surface area contributed by atoms with Gasteiger partial charge in [0, 0.05) is 38.7 Å². The molecule has 2 aliphatic rings. The predicted molar refractivity (Wildman–Crippen MR) is 61.3 cm³/mol. The molecule has 0 aliphatic carbocycles. The Morgan fingerprint density at radius 1 is 1.53 bits per heavy atom. The normalized spacial score (nSPS) is 29.2. The van der Waals surface area contributed by atoms with Gasteiger partial charge in [0.1, 0.15) is 12.1 Å². The van der Waals surface area contributed by atoms with Gasteiger partial charge in [0.15, 0.2) is 0 Å². The maximum atomic E-state index is 11.7. The summed E-state index contributed by atoms with van der Waals surface area (Å²) < 4.78 is 7.29. The zero-order valence-electron chi connectivity index (χ0n) is 10.2.